The molecule has 0 radical (unpaired) electrons. The Kier molecular flexibility index (Phi) is 5.92. The van der Waals surface area contributed by atoms with Gasteiger partial charge in [-0.15, -0.1) is 0 Å². The highest BCUT2D eigenvalue weighted by Crippen LogP contribution is 2.39. The highest BCUT2D eigenvalue weighted by Gasteiger charge is 2.35. The second-order valence-electron chi connectivity index (χ2n) is 8.21. The van der Waals surface area contributed by atoms with Crippen LogP contribution in [0.4, 0.5) is 0 Å². The molecule has 118 valence electrons. The maximum atomic E-state index is 3.83. The number of nitrogens with one attached hydrogen (secondary N) is 1. The number of hydrogen-bond acceptors (Lipinski definition) is 2. The zero-order valence-corrected chi connectivity index (χ0v) is 14.3. The molecule has 0 amide bonds. The van der Waals surface area contributed by atoms with Crippen molar-refractivity contribution >= 4 is 0 Å². The van der Waals surface area contributed by atoms with Gasteiger partial charge >= 0.3 is 0 Å². The first-order valence-corrected chi connectivity index (χ1v) is 8.96. The summed E-state index contributed by atoms with van der Waals surface area (Å²) in [4.78, 5) is 2.74. The molecule has 1 saturated heterocycles. The fraction of sp³-hybridized carbons (Fsp3) is 1.00. The molecule has 20 heavy (non-hydrogen) atoms. The van der Waals surface area contributed by atoms with Crippen LogP contribution in [0.5, 0.6) is 0 Å². The molecular weight excluding hydrogens is 244 g/mol. The molecule has 0 aromatic heterocycles. The Morgan fingerprint density at radius 2 is 1.85 bits per heavy atom. The molecule has 2 fully saturated rings. The van der Waals surface area contributed by atoms with Crippen molar-refractivity contribution in [3.05, 3.63) is 0 Å². The number of hydrogen-bond donors (Lipinski definition) is 1. The molecule has 2 rings (SSSR count). The summed E-state index contributed by atoms with van der Waals surface area (Å²) in [5.41, 5.74) is 0.554. The molecule has 1 saturated carbocycles. The monoisotopic (exact) mass is 280 g/mol. The van der Waals surface area contributed by atoms with Gasteiger partial charge < -0.3 is 10.2 Å². The average Bonchev–Trinajstić information content (AvgIpc) is 2.40. The van der Waals surface area contributed by atoms with Crippen molar-refractivity contribution in [2.45, 2.75) is 72.3 Å². The topological polar surface area (TPSA) is 15.3 Å². The molecule has 0 aromatic carbocycles. The maximum absolute atomic E-state index is 3.83. The zero-order valence-electron chi connectivity index (χ0n) is 14.3. The van der Waals surface area contributed by atoms with Crippen molar-refractivity contribution in [3.8, 4) is 0 Å². The van der Waals surface area contributed by atoms with Gasteiger partial charge in [0.1, 0.15) is 0 Å². The summed E-state index contributed by atoms with van der Waals surface area (Å²) in [5.74, 6) is 1.81. The van der Waals surface area contributed by atoms with Gasteiger partial charge in [-0.3, -0.25) is 0 Å². The fourth-order valence-electron chi connectivity index (χ4n) is 4.10. The first kappa shape index (κ1) is 16.3. The molecule has 2 atom stereocenters. The Morgan fingerprint density at radius 1 is 1.15 bits per heavy atom. The lowest BCUT2D eigenvalue weighted by molar-refractivity contribution is 0.0849. The highest BCUT2D eigenvalue weighted by molar-refractivity contribution is 4.90. The normalized spacial score (nSPS) is 32.4. The Balaban J connectivity index is 1.89. The highest BCUT2D eigenvalue weighted by atomic mass is 15.1. The lowest BCUT2D eigenvalue weighted by Gasteiger charge is -2.44. The fourth-order valence-corrected chi connectivity index (χ4v) is 4.10. The van der Waals surface area contributed by atoms with E-state index in [1.54, 1.807) is 0 Å². The molecule has 2 heteroatoms. The van der Waals surface area contributed by atoms with Crippen LogP contribution in [-0.2, 0) is 0 Å². The van der Waals surface area contributed by atoms with Crippen LogP contribution in [0.1, 0.15) is 66.2 Å². The second-order valence-corrected chi connectivity index (χ2v) is 8.21. The number of piperidine rings is 1. The van der Waals surface area contributed by atoms with Crippen LogP contribution < -0.4 is 5.32 Å². The van der Waals surface area contributed by atoms with E-state index in [9.17, 15) is 0 Å². The molecule has 1 N–H and O–H groups in total. The van der Waals surface area contributed by atoms with Gasteiger partial charge in [-0.2, -0.15) is 0 Å². The summed E-state index contributed by atoms with van der Waals surface area (Å²) < 4.78 is 0. The SMILES string of the molecule is CCCNC1CCC(C)(C)CC1CN1CCC(C)CC1. The molecule has 2 aliphatic rings. The van der Waals surface area contributed by atoms with Gasteiger partial charge in [-0.25, -0.2) is 0 Å². The third kappa shape index (κ3) is 4.73. The van der Waals surface area contributed by atoms with E-state index in [2.05, 4.69) is 37.9 Å². The van der Waals surface area contributed by atoms with E-state index in [-0.39, 0.29) is 0 Å². The summed E-state index contributed by atoms with van der Waals surface area (Å²) in [7, 11) is 0. The van der Waals surface area contributed by atoms with E-state index < -0.39 is 0 Å². The summed E-state index contributed by atoms with van der Waals surface area (Å²) >= 11 is 0. The van der Waals surface area contributed by atoms with Crippen LogP contribution in [0.25, 0.3) is 0 Å². The summed E-state index contributed by atoms with van der Waals surface area (Å²) in [6, 6.07) is 0.766. The Hall–Kier alpha value is -0.0800. The third-order valence-electron chi connectivity index (χ3n) is 5.54. The van der Waals surface area contributed by atoms with Crippen molar-refractivity contribution in [2.75, 3.05) is 26.2 Å². The standard InChI is InChI=1S/C18H36N2/c1-5-10-19-17-6-9-18(3,4)13-16(17)14-20-11-7-15(2)8-12-20/h15-17,19H,5-14H2,1-4H3. The van der Waals surface area contributed by atoms with Crippen LogP contribution in [0.2, 0.25) is 0 Å². The number of rotatable bonds is 5. The minimum Gasteiger partial charge on any atom is -0.314 e. The number of nitrogens with zero attached hydrogens (tertiary/aromatic N) is 1. The largest absolute Gasteiger partial charge is 0.314 e. The van der Waals surface area contributed by atoms with Crippen LogP contribution in [0, 0.1) is 17.3 Å². The summed E-state index contributed by atoms with van der Waals surface area (Å²) in [6.07, 6.45) is 8.24. The van der Waals surface area contributed by atoms with E-state index in [1.807, 2.05) is 0 Å². The smallest absolute Gasteiger partial charge is 0.0108 e. The Morgan fingerprint density at radius 3 is 2.50 bits per heavy atom. The van der Waals surface area contributed by atoms with E-state index in [4.69, 9.17) is 0 Å². The van der Waals surface area contributed by atoms with Gasteiger partial charge in [-0.1, -0.05) is 27.7 Å². The lowest BCUT2D eigenvalue weighted by atomic mass is 9.69. The minimum atomic E-state index is 0.554. The zero-order chi connectivity index (χ0) is 14.6. The third-order valence-corrected chi connectivity index (χ3v) is 5.54. The molecule has 0 aromatic rings. The molecule has 0 spiro atoms. The van der Waals surface area contributed by atoms with E-state index in [1.165, 1.54) is 64.7 Å². The Labute approximate surface area is 126 Å². The van der Waals surface area contributed by atoms with Crippen LogP contribution >= 0.6 is 0 Å². The lowest BCUT2D eigenvalue weighted by Crippen LogP contribution is -2.48. The molecule has 2 unspecified atom stereocenters. The van der Waals surface area contributed by atoms with Crippen LogP contribution in [-0.4, -0.2) is 37.1 Å². The quantitative estimate of drug-likeness (QED) is 0.821. The van der Waals surface area contributed by atoms with Crippen molar-refractivity contribution in [1.82, 2.24) is 10.2 Å². The van der Waals surface area contributed by atoms with Gasteiger partial charge in [0.15, 0.2) is 0 Å². The molecule has 1 aliphatic heterocycles. The minimum absolute atomic E-state index is 0.554. The van der Waals surface area contributed by atoms with Gasteiger partial charge in [-0.05, 0) is 75.4 Å². The van der Waals surface area contributed by atoms with Crippen LogP contribution in [0.15, 0.2) is 0 Å². The van der Waals surface area contributed by atoms with Gasteiger partial charge in [0, 0.05) is 12.6 Å². The van der Waals surface area contributed by atoms with Gasteiger partial charge in [0.05, 0.1) is 0 Å². The van der Waals surface area contributed by atoms with Crippen molar-refractivity contribution in [2.24, 2.45) is 17.3 Å². The maximum Gasteiger partial charge on any atom is 0.0108 e. The Bertz CT molecular complexity index is 279. The molecule has 1 aliphatic carbocycles. The molecule has 0 bridgehead atoms. The average molecular weight is 280 g/mol. The van der Waals surface area contributed by atoms with Gasteiger partial charge in [0.25, 0.3) is 0 Å². The van der Waals surface area contributed by atoms with Crippen molar-refractivity contribution in [3.63, 3.8) is 0 Å². The molecule has 1 heterocycles. The predicted octanol–water partition coefficient (Wildman–Crippen LogP) is 3.91. The first-order chi connectivity index (χ1) is 9.50. The van der Waals surface area contributed by atoms with Gasteiger partial charge in [0.2, 0.25) is 0 Å². The number of likely N-dealkylation sites (tertiary alicyclic amines) is 1. The molecule has 2 nitrogen and oxygen atoms in total. The van der Waals surface area contributed by atoms with Crippen molar-refractivity contribution < 1.29 is 0 Å². The second kappa shape index (κ2) is 7.26. The first-order valence-electron chi connectivity index (χ1n) is 8.96. The predicted molar refractivity (Wildman–Crippen MR) is 88.0 cm³/mol. The molecular formula is C18H36N2. The van der Waals surface area contributed by atoms with E-state index in [0.717, 1.165) is 17.9 Å². The summed E-state index contributed by atoms with van der Waals surface area (Å²) in [5, 5.41) is 3.83. The summed E-state index contributed by atoms with van der Waals surface area (Å²) in [6.45, 7) is 14.8. The van der Waals surface area contributed by atoms with E-state index in [0.29, 0.717) is 5.41 Å². The van der Waals surface area contributed by atoms with Crippen molar-refractivity contribution in [1.29, 1.82) is 0 Å². The van der Waals surface area contributed by atoms with Crippen LogP contribution in [0.3, 0.4) is 0 Å². The van der Waals surface area contributed by atoms with E-state index >= 15 is 0 Å².